The van der Waals surface area contributed by atoms with Crippen LogP contribution in [0, 0.1) is 5.92 Å². The number of nitrogens with zero attached hydrogens (tertiary/aromatic N) is 1. The van der Waals surface area contributed by atoms with Crippen LogP contribution in [0.25, 0.3) is 0 Å². The first kappa shape index (κ1) is 12.8. The molecule has 0 fully saturated rings. The molecule has 0 heterocycles. The van der Waals surface area contributed by atoms with Crippen molar-refractivity contribution in [2.75, 3.05) is 11.4 Å². The summed E-state index contributed by atoms with van der Waals surface area (Å²) in [6.07, 6.45) is 0. The number of amides is 2. The number of carboxylic acid groups (broad SMARTS) is 1. The summed E-state index contributed by atoms with van der Waals surface area (Å²) in [7, 11) is 0. The van der Waals surface area contributed by atoms with Gasteiger partial charge in [-0.05, 0) is 12.1 Å². The molecule has 0 aromatic heterocycles. The number of nitrogens with two attached hydrogens (primary N) is 1. The maximum absolute atomic E-state index is 11.2. The maximum Gasteiger partial charge on any atom is 0.319 e. The second kappa shape index (κ2) is 5.20. The van der Waals surface area contributed by atoms with E-state index in [2.05, 4.69) is 0 Å². The molecule has 0 saturated carbocycles. The van der Waals surface area contributed by atoms with Crippen molar-refractivity contribution < 1.29 is 19.8 Å². The molecule has 3 N–H and O–H groups in total. The largest absolute Gasteiger partial charge is 0.550 e. The number of rotatable bonds is 4. The van der Waals surface area contributed by atoms with E-state index < -0.39 is 17.9 Å². The molecule has 1 aromatic carbocycles. The van der Waals surface area contributed by atoms with Gasteiger partial charge in [0.05, 0.1) is 5.69 Å². The smallest absolute Gasteiger partial charge is 0.319 e. The minimum absolute atomic E-state index is 0.142. The Bertz CT molecular complexity index is 433. The Morgan fingerprint density at radius 2 is 2.06 bits per heavy atom. The fraction of sp³-hybridized carbons (Fsp3) is 0.273. The molecule has 1 rings (SSSR count). The molecule has 1 atom stereocenters. The number of hydrogen-bond donors (Lipinski definition) is 2. The molecule has 0 spiro atoms. The van der Waals surface area contributed by atoms with Crippen molar-refractivity contribution in [1.29, 1.82) is 0 Å². The normalized spacial score (nSPS) is 11.8. The van der Waals surface area contributed by atoms with Gasteiger partial charge < -0.3 is 20.7 Å². The van der Waals surface area contributed by atoms with Gasteiger partial charge in [-0.2, -0.15) is 0 Å². The second-order valence-electron chi connectivity index (χ2n) is 3.66. The summed E-state index contributed by atoms with van der Waals surface area (Å²) in [5, 5.41) is 20.2. The number of anilines is 1. The van der Waals surface area contributed by atoms with Crippen LogP contribution in [0.2, 0.25) is 0 Å². The molecule has 0 aliphatic carbocycles. The highest BCUT2D eigenvalue weighted by atomic mass is 16.4. The van der Waals surface area contributed by atoms with Crippen molar-refractivity contribution in [2.45, 2.75) is 6.92 Å². The van der Waals surface area contributed by atoms with E-state index in [9.17, 15) is 19.8 Å². The minimum Gasteiger partial charge on any atom is -0.550 e. The molecule has 92 valence electrons. The van der Waals surface area contributed by atoms with Crippen LogP contribution in [0.1, 0.15) is 6.92 Å². The lowest BCUT2D eigenvalue weighted by molar-refractivity contribution is -0.310. The van der Waals surface area contributed by atoms with Crippen molar-refractivity contribution in [3.8, 4) is 5.75 Å². The number of phenols is 1. The topological polar surface area (TPSA) is 107 Å². The number of benzene rings is 1. The third kappa shape index (κ3) is 3.10. The Labute approximate surface area is 98.3 Å². The Morgan fingerprint density at radius 3 is 2.53 bits per heavy atom. The second-order valence-corrected chi connectivity index (χ2v) is 3.66. The van der Waals surface area contributed by atoms with Gasteiger partial charge in [0.25, 0.3) is 0 Å². The fourth-order valence-electron chi connectivity index (χ4n) is 1.35. The molecule has 6 nitrogen and oxygen atoms in total. The fourth-order valence-corrected chi connectivity index (χ4v) is 1.35. The first-order valence-electron chi connectivity index (χ1n) is 4.99. The minimum atomic E-state index is -1.29. The van der Waals surface area contributed by atoms with Crippen LogP contribution in [0.4, 0.5) is 10.5 Å². The predicted molar refractivity (Wildman–Crippen MR) is 59.2 cm³/mol. The zero-order chi connectivity index (χ0) is 13.0. The van der Waals surface area contributed by atoms with Crippen LogP contribution < -0.4 is 15.7 Å². The summed E-state index contributed by atoms with van der Waals surface area (Å²) >= 11 is 0. The zero-order valence-electron chi connectivity index (χ0n) is 9.29. The third-order valence-electron chi connectivity index (χ3n) is 2.30. The lowest BCUT2D eigenvalue weighted by atomic mass is 10.1. The molecule has 2 amide bonds. The van der Waals surface area contributed by atoms with E-state index in [-0.39, 0.29) is 18.0 Å². The molecule has 17 heavy (non-hydrogen) atoms. The lowest BCUT2D eigenvalue weighted by Crippen LogP contribution is -2.43. The van der Waals surface area contributed by atoms with E-state index >= 15 is 0 Å². The summed E-state index contributed by atoms with van der Waals surface area (Å²) in [5.74, 6) is -2.31. The van der Waals surface area contributed by atoms with E-state index in [4.69, 9.17) is 5.73 Å². The Morgan fingerprint density at radius 1 is 1.47 bits per heavy atom. The van der Waals surface area contributed by atoms with Gasteiger partial charge in [-0.25, -0.2) is 4.79 Å². The Balaban J connectivity index is 2.99. The van der Waals surface area contributed by atoms with Gasteiger partial charge in [-0.15, -0.1) is 0 Å². The predicted octanol–water partition coefficient (Wildman–Crippen LogP) is -0.337. The van der Waals surface area contributed by atoms with Gasteiger partial charge in [0.2, 0.25) is 0 Å². The van der Waals surface area contributed by atoms with Crippen molar-refractivity contribution in [1.82, 2.24) is 0 Å². The van der Waals surface area contributed by atoms with Gasteiger partial charge in [-0.3, -0.25) is 4.90 Å². The van der Waals surface area contributed by atoms with Gasteiger partial charge in [-0.1, -0.05) is 19.1 Å². The SMILES string of the molecule is C[C@@H](CN(C(N)=O)c1ccccc1O)C(=O)[O-]. The van der Waals surface area contributed by atoms with E-state index in [1.54, 1.807) is 12.1 Å². The number of aromatic hydroxyl groups is 1. The highest BCUT2D eigenvalue weighted by Crippen LogP contribution is 2.26. The van der Waals surface area contributed by atoms with Crippen LogP contribution in [0.15, 0.2) is 24.3 Å². The van der Waals surface area contributed by atoms with Crippen LogP contribution in [0.5, 0.6) is 5.75 Å². The quantitative estimate of drug-likeness (QED) is 0.747. The molecule has 0 saturated heterocycles. The van der Waals surface area contributed by atoms with Crippen molar-refractivity contribution >= 4 is 17.7 Å². The summed E-state index contributed by atoms with van der Waals surface area (Å²) in [6.45, 7) is 1.24. The highest BCUT2D eigenvalue weighted by molar-refractivity contribution is 5.92. The van der Waals surface area contributed by atoms with Crippen molar-refractivity contribution in [3.63, 3.8) is 0 Å². The molecule has 1 aromatic rings. The number of para-hydroxylation sites is 2. The Kier molecular flexibility index (Phi) is 3.92. The molecule has 0 radical (unpaired) electrons. The number of urea groups is 1. The number of phenolic OH excluding ortho intramolecular Hbond substituents is 1. The zero-order valence-corrected chi connectivity index (χ0v) is 9.29. The van der Waals surface area contributed by atoms with E-state index in [1.807, 2.05) is 0 Å². The van der Waals surface area contributed by atoms with Gasteiger partial charge >= 0.3 is 6.03 Å². The standard InChI is InChI=1S/C11H14N2O4/c1-7(10(15)16)6-13(11(12)17)8-4-2-3-5-9(8)14/h2-5,7,14H,6H2,1H3,(H2,12,17)(H,15,16)/p-1/t7-/m0/s1. The van der Waals surface area contributed by atoms with Gasteiger partial charge in [0.15, 0.2) is 0 Å². The van der Waals surface area contributed by atoms with Crippen LogP contribution in [-0.4, -0.2) is 23.7 Å². The molecular weight excluding hydrogens is 224 g/mol. The average Bonchev–Trinajstić information content (AvgIpc) is 2.26. The highest BCUT2D eigenvalue weighted by Gasteiger charge is 2.18. The average molecular weight is 237 g/mol. The lowest BCUT2D eigenvalue weighted by Gasteiger charge is -2.25. The molecular formula is C11H13N2O4-. The summed E-state index contributed by atoms with van der Waals surface area (Å²) in [4.78, 5) is 22.9. The Hall–Kier alpha value is -2.24. The molecule has 0 aliphatic rings. The van der Waals surface area contributed by atoms with Gasteiger partial charge in [0, 0.05) is 18.4 Å². The number of carbonyl (C=O) groups excluding carboxylic acids is 2. The van der Waals surface area contributed by atoms with Crippen LogP contribution in [-0.2, 0) is 4.79 Å². The number of aliphatic carboxylic acids is 1. The first-order valence-corrected chi connectivity index (χ1v) is 4.99. The summed E-state index contributed by atoms with van der Waals surface area (Å²) in [6, 6.07) is 5.21. The van der Waals surface area contributed by atoms with Crippen molar-refractivity contribution in [2.24, 2.45) is 11.7 Å². The summed E-state index contributed by atoms with van der Waals surface area (Å²) in [5.41, 5.74) is 5.32. The molecule has 0 bridgehead atoms. The maximum atomic E-state index is 11.2. The summed E-state index contributed by atoms with van der Waals surface area (Å²) < 4.78 is 0. The van der Waals surface area contributed by atoms with Gasteiger partial charge in [0.1, 0.15) is 5.75 Å². The van der Waals surface area contributed by atoms with E-state index in [1.165, 1.54) is 19.1 Å². The first-order chi connectivity index (χ1) is 7.93. The van der Waals surface area contributed by atoms with Crippen LogP contribution >= 0.6 is 0 Å². The molecule has 0 unspecified atom stereocenters. The number of primary amides is 1. The molecule has 6 heteroatoms. The van der Waals surface area contributed by atoms with Crippen molar-refractivity contribution in [3.05, 3.63) is 24.3 Å². The third-order valence-corrected chi connectivity index (χ3v) is 2.30. The number of hydrogen-bond acceptors (Lipinski definition) is 4. The monoisotopic (exact) mass is 237 g/mol. The van der Waals surface area contributed by atoms with Crippen LogP contribution in [0.3, 0.4) is 0 Å². The number of carbonyl (C=O) groups is 2. The number of carboxylic acids is 1. The molecule has 0 aliphatic heterocycles. The van der Waals surface area contributed by atoms with E-state index in [0.717, 1.165) is 4.90 Å². The van der Waals surface area contributed by atoms with E-state index in [0.29, 0.717) is 0 Å².